The fourth-order valence-electron chi connectivity index (χ4n) is 2.34. The van der Waals surface area contributed by atoms with Crippen molar-refractivity contribution in [3.63, 3.8) is 0 Å². The minimum atomic E-state index is -0.900. The van der Waals surface area contributed by atoms with Crippen molar-refractivity contribution in [3.8, 4) is 0 Å². The van der Waals surface area contributed by atoms with Gasteiger partial charge in [0.1, 0.15) is 5.73 Å². The van der Waals surface area contributed by atoms with Gasteiger partial charge in [0.15, 0.2) is 0 Å². The second kappa shape index (κ2) is 4.30. The van der Waals surface area contributed by atoms with Gasteiger partial charge in [-0.1, -0.05) is 0 Å². The van der Waals surface area contributed by atoms with Gasteiger partial charge in [-0.05, 0) is 65.9 Å². The Kier molecular flexibility index (Phi) is 3.40. The average Bonchev–Trinajstić information content (AvgIpc) is 2.30. The van der Waals surface area contributed by atoms with Crippen molar-refractivity contribution < 1.29 is 18.8 Å². The topological polar surface area (TPSA) is 38.7 Å². The molecule has 1 aliphatic heterocycles. The van der Waals surface area contributed by atoms with Crippen LogP contribution in [0.15, 0.2) is 11.3 Å². The molecule has 0 atom stereocenters. The molecule has 0 aromatic rings. The zero-order valence-electron chi connectivity index (χ0n) is 12.7. The summed E-state index contributed by atoms with van der Waals surface area (Å²) in [5.74, 6) is 0.121. The van der Waals surface area contributed by atoms with Crippen LogP contribution in [0.2, 0.25) is 0 Å². The molecule has 3 nitrogen and oxygen atoms in total. The van der Waals surface area contributed by atoms with Crippen LogP contribution in [-0.2, 0) is 9.31 Å². The molecule has 0 radical (unpaired) electrons. The number of hydrogen-bond acceptors (Lipinski definition) is 3. The molecular formula is C14H24BFO3. The predicted molar refractivity (Wildman–Crippen MR) is 73.2 cm³/mol. The van der Waals surface area contributed by atoms with Crippen LogP contribution in [0.25, 0.3) is 0 Å². The summed E-state index contributed by atoms with van der Waals surface area (Å²) in [6.45, 7) is 11.2. The average molecular weight is 270 g/mol. The van der Waals surface area contributed by atoms with E-state index in [9.17, 15) is 9.50 Å². The maximum atomic E-state index is 14.3. The maximum Gasteiger partial charge on any atom is 0.525 e. The lowest BCUT2D eigenvalue weighted by Gasteiger charge is -2.38. The summed E-state index contributed by atoms with van der Waals surface area (Å²) >= 11 is 0. The molecule has 0 aromatic heterocycles. The van der Waals surface area contributed by atoms with Gasteiger partial charge in [0.25, 0.3) is 0 Å². The van der Waals surface area contributed by atoms with E-state index < -0.39 is 23.9 Å². The lowest BCUT2D eigenvalue weighted by atomic mass is 9.67. The SMILES string of the molecule is CC(C)(O)C1CC(=C(F)B2OC(C)(C)C(C)(C)O2)C1. The van der Waals surface area contributed by atoms with Crippen LogP contribution < -0.4 is 0 Å². The van der Waals surface area contributed by atoms with Crippen molar-refractivity contribution >= 4 is 7.12 Å². The number of allylic oxidation sites excluding steroid dienone is 1. The first-order chi connectivity index (χ1) is 8.44. The molecule has 1 saturated heterocycles. The van der Waals surface area contributed by atoms with Crippen LogP contribution in [0.1, 0.15) is 54.4 Å². The molecule has 2 rings (SSSR count). The molecule has 1 heterocycles. The summed E-state index contributed by atoms with van der Waals surface area (Å²) in [7, 11) is -0.900. The second-order valence-electron chi connectivity index (χ2n) is 7.30. The number of aliphatic hydroxyl groups is 1. The van der Waals surface area contributed by atoms with Crippen molar-refractivity contribution in [2.24, 2.45) is 5.92 Å². The van der Waals surface area contributed by atoms with E-state index in [4.69, 9.17) is 9.31 Å². The Hall–Kier alpha value is -0.385. The van der Waals surface area contributed by atoms with Gasteiger partial charge in [-0.15, -0.1) is 0 Å². The Morgan fingerprint density at radius 3 is 2.00 bits per heavy atom. The van der Waals surface area contributed by atoms with E-state index in [1.165, 1.54) is 0 Å². The lowest BCUT2D eigenvalue weighted by molar-refractivity contribution is -0.000798. The van der Waals surface area contributed by atoms with Crippen LogP contribution in [0.4, 0.5) is 4.39 Å². The summed E-state index contributed by atoms with van der Waals surface area (Å²) in [5, 5.41) is 9.86. The molecule has 2 fully saturated rings. The van der Waals surface area contributed by atoms with E-state index in [1.807, 2.05) is 27.7 Å². The fourth-order valence-corrected chi connectivity index (χ4v) is 2.34. The second-order valence-corrected chi connectivity index (χ2v) is 7.30. The molecule has 1 N–H and O–H groups in total. The minimum absolute atomic E-state index is 0.121. The van der Waals surface area contributed by atoms with Gasteiger partial charge in [-0.25, -0.2) is 4.39 Å². The number of hydrogen-bond donors (Lipinski definition) is 1. The Bertz CT molecular complexity index is 385. The van der Waals surface area contributed by atoms with Gasteiger partial charge in [0.05, 0.1) is 16.8 Å². The molecule has 5 heteroatoms. The van der Waals surface area contributed by atoms with Crippen LogP contribution in [-0.4, -0.2) is 29.0 Å². The van der Waals surface area contributed by atoms with Crippen LogP contribution in [0.3, 0.4) is 0 Å². The van der Waals surface area contributed by atoms with Crippen LogP contribution >= 0.6 is 0 Å². The third-order valence-electron chi connectivity index (χ3n) is 4.78. The van der Waals surface area contributed by atoms with E-state index in [2.05, 4.69) is 0 Å². The van der Waals surface area contributed by atoms with Gasteiger partial charge in [0, 0.05) is 0 Å². The van der Waals surface area contributed by atoms with Crippen LogP contribution in [0.5, 0.6) is 0 Å². The molecule has 0 aromatic carbocycles. The molecule has 108 valence electrons. The molecule has 0 bridgehead atoms. The van der Waals surface area contributed by atoms with E-state index in [1.54, 1.807) is 13.8 Å². The highest BCUT2D eigenvalue weighted by Crippen LogP contribution is 2.45. The summed E-state index contributed by atoms with van der Waals surface area (Å²) in [5.41, 5.74) is -1.38. The first-order valence-electron chi connectivity index (χ1n) is 6.89. The van der Waals surface area contributed by atoms with Crippen molar-refractivity contribution in [2.75, 3.05) is 0 Å². The molecule has 0 amide bonds. The van der Waals surface area contributed by atoms with E-state index in [-0.39, 0.29) is 11.6 Å². The summed E-state index contributed by atoms with van der Waals surface area (Å²) < 4.78 is 25.7. The molecule has 0 spiro atoms. The largest absolute Gasteiger partial charge is 0.525 e. The highest BCUT2D eigenvalue weighted by atomic mass is 19.1. The molecule has 1 aliphatic carbocycles. The third kappa shape index (κ3) is 2.60. The molecular weight excluding hydrogens is 246 g/mol. The van der Waals surface area contributed by atoms with Crippen molar-refractivity contribution in [1.29, 1.82) is 0 Å². The van der Waals surface area contributed by atoms with Gasteiger partial charge >= 0.3 is 7.12 Å². The van der Waals surface area contributed by atoms with Gasteiger partial charge in [0.2, 0.25) is 0 Å². The third-order valence-corrected chi connectivity index (χ3v) is 4.78. The van der Waals surface area contributed by atoms with E-state index in [0.717, 1.165) is 0 Å². The number of rotatable bonds is 2. The molecule has 2 aliphatic rings. The Morgan fingerprint density at radius 2 is 1.63 bits per heavy atom. The smallest absolute Gasteiger partial charge is 0.398 e. The molecule has 19 heavy (non-hydrogen) atoms. The van der Waals surface area contributed by atoms with Gasteiger partial charge in [-0.2, -0.15) is 0 Å². The quantitative estimate of drug-likeness (QED) is 0.784. The van der Waals surface area contributed by atoms with Crippen LogP contribution in [0, 0.1) is 5.92 Å². The summed E-state index contributed by atoms with van der Waals surface area (Å²) in [4.78, 5) is 0. The highest BCUT2D eigenvalue weighted by molar-refractivity contribution is 6.53. The van der Waals surface area contributed by atoms with E-state index >= 15 is 0 Å². The molecule has 0 unspecified atom stereocenters. The van der Waals surface area contributed by atoms with Crippen molar-refractivity contribution in [2.45, 2.75) is 71.2 Å². The Labute approximate surface area is 115 Å². The Morgan fingerprint density at radius 1 is 1.21 bits per heavy atom. The molecule has 1 saturated carbocycles. The van der Waals surface area contributed by atoms with Gasteiger partial charge in [-0.3, -0.25) is 0 Å². The standard InChI is InChI=1S/C14H24BFO3/c1-12(2,17)10-7-9(8-10)11(16)15-18-13(3,4)14(5,6)19-15/h10,17H,7-8H2,1-6H3. The monoisotopic (exact) mass is 270 g/mol. The number of halogens is 1. The minimum Gasteiger partial charge on any atom is -0.398 e. The zero-order valence-corrected chi connectivity index (χ0v) is 12.7. The summed E-state index contributed by atoms with van der Waals surface area (Å²) in [6, 6.07) is 0. The predicted octanol–water partition coefficient (Wildman–Crippen LogP) is 3.02. The lowest BCUT2D eigenvalue weighted by Crippen LogP contribution is -2.41. The fraction of sp³-hybridized carbons (Fsp3) is 0.857. The van der Waals surface area contributed by atoms with Crippen molar-refractivity contribution in [3.05, 3.63) is 11.3 Å². The maximum absolute atomic E-state index is 14.3. The first-order valence-corrected chi connectivity index (χ1v) is 6.89. The van der Waals surface area contributed by atoms with Crippen molar-refractivity contribution in [1.82, 2.24) is 0 Å². The van der Waals surface area contributed by atoms with Gasteiger partial charge < -0.3 is 14.4 Å². The highest BCUT2D eigenvalue weighted by Gasteiger charge is 2.54. The zero-order chi connectivity index (χ0) is 14.6. The van der Waals surface area contributed by atoms with E-state index in [0.29, 0.717) is 18.4 Å². The first kappa shape index (κ1) is 15.0. The Balaban J connectivity index is 2.06. The summed E-state index contributed by atoms with van der Waals surface area (Å²) in [6.07, 6.45) is 1.17. The normalized spacial score (nSPS) is 29.4.